The number of hydrogen-bond acceptors (Lipinski definition) is 2. The Kier molecular flexibility index (Phi) is 2.99. The van der Waals surface area contributed by atoms with Gasteiger partial charge in [0, 0.05) is 12.2 Å². The van der Waals surface area contributed by atoms with Gasteiger partial charge in [0.05, 0.1) is 6.61 Å². The SMILES string of the molecule is Bc1ccc(NCCO)cc1. The largest absolute Gasteiger partial charge is 0.395 e. The van der Waals surface area contributed by atoms with Crippen molar-refractivity contribution >= 4 is 19.0 Å². The van der Waals surface area contributed by atoms with Crippen molar-refractivity contribution in [1.82, 2.24) is 0 Å². The number of rotatable bonds is 3. The third-order valence-electron chi connectivity index (χ3n) is 1.49. The number of anilines is 1. The Balaban J connectivity index is 2.52. The van der Waals surface area contributed by atoms with E-state index in [1.54, 1.807) is 0 Å². The van der Waals surface area contributed by atoms with Crippen LogP contribution >= 0.6 is 0 Å². The van der Waals surface area contributed by atoms with Gasteiger partial charge in [-0.05, 0) is 12.1 Å². The van der Waals surface area contributed by atoms with Crippen molar-refractivity contribution < 1.29 is 5.11 Å². The van der Waals surface area contributed by atoms with Crippen LogP contribution in [0.3, 0.4) is 0 Å². The molecule has 0 spiro atoms. The first-order valence-corrected chi connectivity index (χ1v) is 3.74. The van der Waals surface area contributed by atoms with Crippen LogP contribution in [0.2, 0.25) is 0 Å². The first kappa shape index (κ1) is 8.14. The summed E-state index contributed by atoms with van der Waals surface area (Å²) in [4.78, 5) is 0. The molecule has 1 rings (SSSR count). The minimum atomic E-state index is 0.174. The highest BCUT2D eigenvalue weighted by molar-refractivity contribution is 6.32. The first-order chi connectivity index (χ1) is 5.33. The van der Waals surface area contributed by atoms with Crippen LogP contribution < -0.4 is 10.8 Å². The van der Waals surface area contributed by atoms with Crippen LogP contribution in [0.5, 0.6) is 0 Å². The number of nitrogens with one attached hydrogen (secondary N) is 1. The van der Waals surface area contributed by atoms with Crippen molar-refractivity contribution in [1.29, 1.82) is 0 Å². The van der Waals surface area contributed by atoms with Crippen molar-refractivity contribution in [3.8, 4) is 0 Å². The molecule has 0 aliphatic carbocycles. The fourth-order valence-electron chi connectivity index (χ4n) is 0.872. The van der Waals surface area contributed by atoms with Crippen molar-refractivity contribution in [2.24, 2.45) is 0 Å². The van der Waals surface area contributed by atoms with Gasteiger partial charge < -0.3 is 10.4 Å². The topological polar surface area (TPSA) is 32.3 Å². The van der Waals surface area contributed by atoms with Gasteiger partial charge in [-0.1, -0.05) is 17.6 Å². The van der Waals surface area contributed by atoms with Crippen molar-refractivity contribution in [2.45, 2.75) is 0 Å². The maximum atomic E-state index is 8.52. The van der Waals surface area contributed by atoms with Crippen LogP contribution in [0.4, 0.5) is 5.69 Å². The molecule has 0 bridgehead atoms. The summed E-state index contributed by atoms with van der Waals surface area (Å²) >= 11 is 0. The van der Waals surface area contributed by atoms with Gasteiger partial charge in [0.2, 0.25) is 0 Å². The Labute approximate surface area is 67.7 Å². The average Bonchev–Trinajstić information content (AvgIpc) is 2.04. The maximum absolute atomic E-state index is 8.52. The highest BCUT2D eigenvalue weighted by atomic mass is 16.3. The smallest absolute Gasteiger partial charge is 0.139 e. The van der Waals surface area contributed by atoms with Crippen LogP contribution in [0.25, 0.3) is 0 Å². The first-order valence-electron chi connectivity index (χ1n) is 3.74. The summed E-state index contributed by atoms with van der Waals surface area (Å²) in [6.45, 7) is 0.789. The van der Waals surface area contributed by atoms with E-state index in [1.165, 1.54) is 5.46 Å². The molecule has 0 saturated carbocycles. The summed E-state index contributed by atoms with van der Waals surface area (Å²) in [7, 11) is 2.05. The maximum Gasteiger partial charge on any atom is 0.139 e. The molecule has 0 atom stereocenters. The van der Waals surface area contributed by atoms with Crippen molar-refractivity contribution in [2.75, 3.05) is 18.5 Å². The van der Waals surface area contributed by atoms with E-state index in [9.17, 15) is 0 Å². The van der Waals surface area contributed by atoms with E-state index < -0.39 is 0 Å². The van der Waals surface area contributed by atoms with E-state index in [4.69, 9.17) is 5.11 Å². The minimum absolute atomic E-state index is 0.174. The fraction of sp³-hybridized carbons (Fsp3) is 0.250. The Morgan fingerprint density at radius 3 is 2.45 bits per heavy atom. The number of aliphatic hydroxyl groups excluding tert-OH is 1. The van der Waals surface area contributed by atoms with Gasteiger partial charge >= 0.3 is 0 Å². The molecule has 1 aromatic rings. The zero-order valence-electron chi connectivity index (χ0n) is 6.67. The third kappa shape index (κ3) is 2.64. The molecule has 58 valence electrons. The molecular formula is C8H12BNO. The van der Waals surface area contributed by atoms with Crippen LogP contribution in [0.15, 0.2) is 24.3 Å². The van der Waals surface area contributed by atoms with Gasteiger partial charge in [-0.3, -0.25) is 0 Å². The fourth-order valence-corrected chi connectivity index (χ4v) is 0.872. The van der Waals surface area contributed by atoms with E-state index in [2.05, 4.69) is 13.2 Å². The van der Waals surface area contributed by atoms with E-state index in [0.29, 0.717) is 6.54 Å². The monoisotopic (exact) mass is 149 g/mol. The number of hydrogen-bond donors (Lipinski definition) is 2. The molecule has 0 fully saturated rings. The van der Waals surface area contributed by atoms with Crippen LogP contribution in [0, 0.1) is 0 Å². The Bertz CT molecular complexity index is 210. The van der Waals surface area contributed by atoms with Crippen LogP contribution in [-0.4, -0.2) is 26.1 Å². The number of aliphatic hydroxyl groups is 1. The lowest BCUT2D eigenvalue weighted by Gasteiger charge is -2.03. The zero-order chi connectivity index (χ0) is 8.10. The summed E-state index contributed by atoms with van der Waals surface area (Å²) in [6, 6.07) is 8.09. The van der Waals surface area contributed by atoms with Gasteiger partial charge in [-0.2, -0.15) is 0 Å². The van der Waals surface area contributed by atoms with Crippen molar-refractivity contribution in [3.63, 3.8) is 0 Å². The molecule has 0 amide bonds. The second-order valence-corrected chi connectivity index (χ2v) is 2.52. The molecule has 0 aliphatic heterocycles. The standard InChI is InChI=1S/C8H12BNO/c9-7-1-3-8(4-2-7)10-5-6-11/h1-4,10-11H,5-6,9H2. The molecule has 0 aliphatic rings. The molecular weight excluding hydrogens is 137 g/mol. The molecule has 1 aromatic carbocycles. The highest BCUT2D eigenvalue weighted by Crippen LogP contribution is 2.01. The lowest BCUT2D eigenvalue weighted by molar-refractivity contribution is 0.311. The Morgan fingerprint density at radius 1 is 1.27 bits per heavy atom. The molecule has 0 radical (unpaired) electrons. The summed E-state index contributed by atoms with van der Waals surface area (Å²) in [5.74, 6) is 0. The molecule has 2 nitrogen and oxygen atoms in total. The summed E-state index contributed by atoms with van der Waals surface area (Å²) < 4.78 is 0. The van der Waals surface area contributed by atoms with E-state index >= 15 is 0 Å². The summed E-state index contributed by atoms with van der Waals surface area (Å²) in [5, 5.41) is 11.6. The molecule has 0 aromatic heterocycles. The second kappa shape index (κ2) is 4.03. The van der Waals surface area contributed by atoms with Crippen LogP contribution in [-0.2, 0) is 0 Å². The molecule has 2 N–H and O–H groups in total. The average molecular weight is 149 g/mol. The highest BCUT2D eigenvalue weighted by Gasteiger charge is 1.88. The minimum Gasteiger partial charge on any atom is -0.395 e. The molecule has 11 heavy (non-hydrogen) atoms. The number of benzene rings is 1. The third-order valence-corrected chi connectivity index (χ3v) is 1.49. The van der Waals surface area contributed by atoms with Crippen LogP contribution in [0.1, 0.15) is 0 Å². The lowest BCUT2D eigenvalue weighted by Crippen LogP contribution is -2.07. The normalized spacial score (nSPS) is 9.55. The zero-order valence-corrected chi connectivity index (χ0v) is 6.67. The van der Waals surface area contributed by atoms with E-state index in [0.717, 1.165) is 5.69 Å². The molecule has 0 unspecified atom stereocenters. The predicted molar refractivity (Wildman–Crippen MR) is 50.2 cm³/mol. The summed E-state index contributed by atoms with van der Waals surface area (Å²) in [5.41, 5.74) is 2.31. The summed E-state index contributed by atoms with van der Waals surface area (Å²) in [6.07, 6.45) is 0. The van der Waals surface area contributed by atoms with Gasteiger partial charge in [0.25, 0.3) is 0 Å². The molecule has 0 heterocycles. The van der Waals surface area contributed by atoms with Crippen molar-refractivity contribution in [3.05, 3.63) is 24.3 Å². The predicted octanol–water partition coefficient (Wildman–Crippen LogP) is -0.651. The van der Waals surface area contributed by atoms with E-state index in [-0.39, 0.29) is 6.61 Å². The van der Waals surface area contributed by atoms with Gasteiger partial charge in [-0.25, -0.2) is 0 Å². The Hall–Kier alpha value is -0.955. The molecule has 3 heteroatoms. The Morgan fingerprint density at radius 2 is 1.91 bits per heavy atom. The van der Waals surface area contributed by atoms with Gasteiger partial charge in [0.15, 0.2) is 0 Å². The van der Waals surface area contributed by atoms with Gasteiger partial charge in [-0.15, -0.1) is 0 Å². The van der Waals surface area contributed by atoms with Gasteiger partial charge in [0.1, 0.15) is 7.85 Å². The quantitative estimate of drug-likeness (QED) is 0.559. The molecule has 0 saturated heterocycles. The van der Waals surface area contributed by atoms with E-state index in [1.807, 2.05) is 24.3 Å². The lowest BCUT2D eigenvalue weighted by atomic mass is 9.96. The second-order valence-electron chi connectivity index (χ2n) is 2.52.